The number of nitrogens with one attached hydrogen (secondary N) is 2. The molecule has 1 atom stereocenters. The first-order valence-corrected chi connectivity index (χ1v) is 8.20. The van der Waals surface area contributed by atoms with Gasteiger partial charge < -0.3 is 29.3 Å². The first-order chi connectivity index (χ1) is 13.0. The van der Waals surface area contributed by atoms with Crippen molar-refractivity contribution >= 4 is 17.8 Å². The molecule has 9 heteroatoms. The largest absolute Gasteiger partial charge is 0.459 e. The maximum Gasteiger partial charge on any atom is 0.326 e. The van der Waals surface area contributed by atoms with Crippen molar-refractivity contribution in [2.75, 3.05) is 13.3 Å². The molecular weight excluding hydrogens is 356 g/mol. The zero-order chi connectivity index (χ0) is 19.2. The second-order valence-electron chi connectivity index (χ2n) is 5.70. The summed E-state index contributed by atoms with van der Waals surface area (Å²) in [5.74, 6) is -0.384. The SMILES string of the molecule is C[C@H](OC(=O)CNC(=O)c1ccco1)C(=O)NCc1ccc2c(c1)OCO2. The van der Waals surface area contributed by atoms with Gasteiger partial charge in [0, 0.05) is 6.54 Å². The summed E-state index contributed by atoms with van der Waals surface area (Å²) in [5.41, 5.74) is 0.817. The van der Waals surface area contributed by atoms with Gasteiger partial charge in [0.05, 0.1) is 6.26 Å². The second kappa shape index (κ2) is 8.26. The number of furan rings is 1. The topological polar surface area (TPSA) is 116 Å². The highest BCUT2D eigenvalue weighted by Gasteiger charge is 2.19. The predicted octanol–water partition coefficient (Wildman–Crippen LogP) is 0.986. The van der Waals surface area contributed by atoms with Crippen LogP contribution in [0.2, 0.25) is 0 Å². The Morgan fingerprint density at radius 2 is 1.96 bits per heavy atom. The van der Waals surface area contributed by atoms with Crippen molar-refractivity contribution in [1.29, 1.82) is 0 Å². The number of hydrogen-bond donors (Lipinski definition) is 2. The molecule has 0 aliphatic carbocycles. The fourth-order valence-corrected chi connectivity index (χ4v) is 2.32. The molecule has 0 radical (unpaired) electrons. The van der Waals surface area contributed by atoms with Crippen LogP contribution < -0.4 is 20.1 Å². The van der Waals surface area contributed by atoms with E-state index in [1.165, 1.54) is 19.3 Å². The lowest BCUT2D eigenvalue weighted by Crippen LogP contribution is -2.38. The van der Waals surface area contributed by atoms with Crippen LogP contribution in [0, 0.1) is 0 Å². The molecule has 2 heterocycles. The minimum Gasteiger partial charge on any atom is -0.459 e. The van der Waals surface area contributed by atoms with Gasteiger partial charge in [0.25, 0.3) is 11.8 Å². The molecule has 0 unspecified atom stereocenters. The normalized spacial score (nSPS) is 12.9. The highest BCUT2D eigenvalue weighted by Crippen LogP contribution is 2.32. The van der Waals surface area contributed by atoms with Crippen LogP contribution in [0.5, 0.6) is 11.5 Å². The van der Waals surface area contributed by atoms with Crippen molar-refractivity contribution in [3.8, 4) is 11.5 Å². The van der Waals surface area contributed by atoms with Crippen molar-refractivity contribution < 1.29 is 33.0 Å². The maximum atomic E-state index is 12.1. The molecule has 0 bridgehead atoms. The summed E-state index contributed by atoms with van der Waals surface area (Å²) in [4.78, 5) is 35.5. The zero-order valence-corrected chi connectivity index (χ0v) is 14.5. The molecule has 0 fully saturated rings. The quantitative estimate of drug-likeness (QED) is 0.694. The number of amides is 2. The molecule has 0 spiro atoms. The molecule has 27 heavy (non-hydrogen) atoms. The van der Waals surface area contributed by atoms with Gasteiger partial charge in [0.2, 0.25) is 6.79 Å². The van der Waals surface area contributed by atoms with E-state index in [4.69, 9.17) is 18.6 Å². The van der Waals surface area contributed by atoms with Crippen LogP contribution in [0.15, 0.2) is 41.0 Å². The van der Waals surface area contributed by atoms with Gasteiger partial charge in [-0.15, -0.1) is 0 Å². The number of hydrogen-bond acceptors (Lipinski definition) is 7. The van der Waals surface area contributed by atoms with Crippen LogP contribution in [-0.4, -0.2) is 37.2 Å². The highest BCUT2D eigenvalue weighted by atomic mass is 16.7. The van der Waals surface area contributed by atoms with E-state index < -0.39 is 23.9 Å². The number of fused-ring (bicyclic) bond motifs is 1. The van der Waals surface area contributed by atoms with Gasteiger partial charge in [0.15, 0.2) is 23.4 Å². The summed E-state index contributed by atoms with van der Waals surface area (Å²) in [7, 11) is 0. The molecule has 1 aliphatic heterocycles. The summed E-state index contributed by atoms with van der Waals surface area (Å²) >= 11 is 0. The van der Waals surface area contributed by atoms with Gasteiger partial charge in [-0.1, -0.05) is 6.07 Å². The number of carbonyl (C=O) groups is 3. The van der Waals surface area contributed by atoms with E-state index in [1.807, 2.05) is 0 Å². The third-order valence-electron chi connectivity index (χ3n) is 3.72. The van der Waals surface area contributed by atoms with Gasteiger partial charge >= 0.3 is 5.97 Å². The first-order valence-electron chi connectivity index (χ1n) is 8.20. The van der Waals surface area contributed by atoms with E-state index in [-0.39, 0.29) is 25.6 Å². The van der Waals surface area contributed by atoms with E-state index in [9.17, 15) is 14.4 Å². The summed E-state index contributed by atoms with van der Waals surface area (Å²) in [6.45, 7) is 1.49. The average Bonchev–Trinajstić information content (AvgIpc) is 3.35. The van der Waals surface area contributed by atoms with E-state index in [0.29, 0.717) is 11.5 Å². The Morgan fingerprint density at radius 3 is 2.74 bits per heavy atom. The number of carbonyl (C=O) groups excluding carboxylic acids is 3. The molecule has 3 rings (SSSR count). The van der Waals surface area contributed by atoms with Gasteiger partial charge in [-0.05, 0) is 36.8 Å². The highest BCUT2D eigenvalue weighted by molar-refractivity contribution is 5.93. The Morgan fingerprint density at radius 1 is 1.15 bits per heavy atom. The minimum absolute atomic E-state index is 0.0808. The first kappa shape index (κ1) is 18.3. The third-order valence-corrected chi connectivity index (χ3v) is 3.72. The van der Waals surface area contributed by atoms with Crippen molar-refractivity contribution in [2.45, 2.75) is 19.6 Å². The lowest BCUT2D eigenvalue weighted by Gasteiger charge is -2.14. The second-order valence-corrected chi connectivity index (χ2v) is 5.70. The number of ether oxygens (including phenoxy) is 3. The van der Waals surface area contributed by atoms with Crippen LogP contribution in [0.25, 0.3) is 0 Å². The Hall–Kier alpha value is -3.49. The maximum absolute atomic E-state index is 12.1. The molecule has 2 N–H and O–H groups in total. The standard InChI is InChI=1S/C18H18N2O7/c1-11(27-16(21)9-20-18(23)14-3-2-6-24-14)17(22)19-8-12-4-5-13-15(7-12)26-10-25-13/h2-7,11H,8-10H2,1H3,(H,19,22)(H,20,23)/t11-/m0/s1. The van der Waals surface area contributed by atoms with Crippen molar-refractivity contribution in [2.24, 2.45) is 0 Å². The van der Waals surface area contributed by atoms with E-state index in [1.54, 1.807) is 24.3 Å². The molecule has 1 aliphatic rings. The van der Waals surface area contributed by atoms with E-state index in [0.717, 1.165) is 5.56 Å². The summed E-state index contributed by atoms with van der Waals surface area (Å²) < 4.78 is 20.4. The summed E-state index contributed by atoms with van der Waals surface area (Å²) in [6.07, 6.45) is 0.340. The Balaban J connectivity index is 1.40. The number of benzene rings is 1. The molecule has 2 amide bonds. The molecule has 142 valence electrons. The van der Waals surface area contributed by atoms with E-state index >= 15 is 0 Å². The minimum atomic E-state index is -1.01. The molecule has 9 nitrogen and oxygen atoms in total. The number of rotatable bonds is 7. The Bertz CT molecular complexity index is 832. The van der Waals surface area contributed by atoms with Crippen LogP contribution in [0.3, 0.4) is 0 Å². The molecule has 0 saturated heterocycles. The smallest absolute Gasteiger partial charge is 0.326 e. The zero-order valence-electron chi connectivity index (χ0n) is 14.5. The van der Waals surface area contributed by atoms with Gasteiger partial charge in [0.1, 0.15) is 6.54 Å². The van der Waals surface area contributed by atoms with Crippen LogP contribution >= 0.6 is 0 Å². The number of esters is 1. The summed E-state index contributed by atoms with van der Waals surface area (Å²) in [5, 5.41) is 5.01. The molecular formula is C18H18N2O7. The lowest BCUT2D eigenvalue weighted by molar-refractivity contribution is -0.153. The average molecular weight is 374 g/mol. The van der Waals surface area contributed by atoms with Gasteiger partial charge in [-0.3, -0.25) is 14.4 Å². The Kier molecular flexibility index (Phi) is 5.60. The summed E-state index contributed by atoms with van der Waals surface area (Å²) in [6, 6.07) is 8.35. The van der Waals surface area contributed by atoms with Gasteiger partial charge in [-0.25, -0.2) is 0 Å². The Labute approximate surface area is 154 Å². The van der Waals surface area contributed by atoms with Crippen molar-refractivity contribution in [3.63, 3.8) is 0 Å². The fourth-order valence-electron chi connectivity index (χ4n) is 2.32. The molecule has 2 aromatic rings. The third kappa shape index (κ3) is 4.78. The van der Waals surface area contributed by atoms with Gasteiger partial charge in [-0.2, -0.15) is 0 Å². The monoisotopic (exact) mass is 374 g/mol. The molecule has 1 aromatic carbocycles. The van der Waals surface area contributed by atoms with Crippen LogP contribution in [0.1, 0.15) is 23.0 Å². The van der Waals surface area contributed by atoms with Crippen LogP contribution in [0.4, 0.5) is 0 Å². The lowest BCUT2D eigenvalue weighted by atomic mass is 10.2. The van der Waals surface area contributed by atoms with Crippen molar-refractivity contribution in [3.05, 3.63) is 47.9 Å². The van der Waals surface area contributed by atoms with Crippen LogP contribution in [-0.2, 0) is 20.9 Å². The molecule has 1 aromatic heterocycles. The fraction of sp³-hybridized carbons (Fsp3) is 0.278. The van der Waals surface area contributed by atoms with Crippen molar-refractivity contribution in [1.82, 2.24) is 10.6 Å². The van der Waals surface area contributed by atoms with E-state index in [2.05, 4.69) is 10.6 Å². The molecule has 0 saturated carbocycles. The predicted molar refractivity (Wildman–Crippen MR) is 91.0 cm³/mol.